The van der Waals surface area contributed by atoms with Crippen LogP contribution in [0.4, 0.5) is 4.39 Å². The van der Waals surface area contributed by atoms with Gasteiger partial charge in [0, 0.05) is 6.54 Å². The van der Waals surface area contributed by atoms with E-state index in [4.69, 9.17) is 0 Å². The molecule has 14 heavy (non-hydrogen) atoms. The third-order valence-corrected chi connectivity index (χ3v) is 2.60. The van der Waals surface area contributed by atoms with Crippen LogP contribution in [-0.4, -0.2) is 13.1 Å². The van der Waals surface area contributed by atoms with Crippen LogP contribution in [0, 0.1) is 12.7 Å². The van der Waals surface area contributed by atoms with Gasteiger partial charge in [-0.25, -0.2) is 4.39 Å². The second-order valence-corrected chi connectivity index (χ2v) is 3.75. The van der Waals surface area contributed by atoms with Crippen LogP contribution in [0.15, 0.2) is 18.2 Å². The summed E-state index contributed by atoms with van der Waals surface area (Å²) in [6.45, 7) is 3.98. The summed E-state index contributed by atoms with van der Waals surface area (Å²) in [6.07, 6.45) is 1.13. The average Bonchev–Trinajstić information content (AvgIpc) is 2.53. The third kappa shape index (κ3) is 2.46. The molecule has 0 aromatic heterocycles. The smallest absolute Gasteiger partial charge is 0.123 e. The van der Waals surface area contributed by atoms with E-state index in [-0.39, 0.29) is 18.2 Å². The first-order valence-corrected chi connectivity index (χ1v) is 4.73. The van der Waals surface area contributed by atoms with E-state index in [0.29, 0.717) is 5.92 Å². The van der Waals surface area contributed by atoms with Gasteiger partial charge >= 0.3 is 0 Å². The third-order valence-electron chi connectivity index (χ3n) is 2.60. The maximum Gasteiger partial charge on any atom is 0.123 e. The van der Waals surface area contributed by atoms with Crippen LogP contribution in [0.5, 0.6) is 0 Å². The van der Waals surface area contributed by atoms with Gasteiger partial charge in [0.2, 0.25) is 0 Å². The number of halogens is 2. The van der Waals surface area contributed by atoms with Crippen molar-refractivity contribution < 1.29 is 4.39 Å². The Morgan fingerprint density at radius 2 is 2.14 bits per heavy atom. The maximum atomic E-state index is 13.1. The number of hydrogen-bond acceptors (Lipinski definition) is 1. The van der Waals surface area contributed by atoms with Crippen LogP contribution in [0.25, 0.3) is 0 Å². The minimum absolute atomic E-state index is 0. The Hall–Kier alpha value is -0.600. The highest BCUT2D eigenvalue weighted by Gasteiger charge is 2.16. The Kier molecular flexibility index (Phi) is 3.90. The van der Waals surface area contributed by atoms with Crippen LogP contribution in [0.3, 0.4) is 0 Å². The zero-order valence-corrected chi connectivity index (χ0v) is 9.03. The first kappa shape index (κ1) is 11.5. The molecule has 1 aromatic carbocycles. The zero-order chi connectivity index (χ0) is 9.26. The summed E-state index contributed by atoms with van der Waals surface area (Å²) in [7, 11) is 0. The van der Waals surface area contributed by atoms with Crippen molar-refractivity contribution in [3.8, 4) is 0 Å². The lowest BCUT2D eigenvalue weighted by molar-refractivity contribution is 0.619. The molecule has 1 fully saturated rings. The summed E-state index contributed by atoms with van der Waals surface area (Å²) in [5.74, 6) is 0.399. The monoisotopic (exact) mass is 215 g/mol. The Morgan fingerprint density at radius 3 is 2.71 bits per heavy atom. The van der Waals surface area contributed by atoms with Gasteiger partial charge in [-0.05, 0) is 49.1 Å². The Balaban J connectivity index is 0.000000980. The van der Waals surface area contributed by atoms with Crippen LogP contribution in [0.2, 0.25) is 0 Å². The second-order valence-electron chi connectivity index (χ2n) is 3.75. The normalized spacial score (nSPS) is 20.6. The summed E-state index contributed by atoms with van der Waals surface area (Å²) in [5, 5.41) is 3.29. The molecule has 1 aliphatic rings. The summed E-state index contributed by atoms with van der Waals surface area (Å²) >= 11 is 0. The number of hydrogen-bond donors (Lipinski definition) is 1. The molecule has 0 radical (unpaired) electrons. The van der Waals surface area contributed by atoms with Gasteiger partial charge in [0.1, 0.15) is 5.82 Å². The van der Waals surface area contributed by atoms with Gasteiger partial charge in [-0.3, -0.25) is 0 Å². The van der Waals surface area contributed by atoms with E-state index in [1.54, 1.807) is 12.1 Å². The number of aryl methyl sites for hydroxylation is 1. The fourth-order valence-electron chi connectivity index (χ4n) is 1.94. The molecule has 3 heteroatoms. The number of benzene rings is 1. The topological polar surface area (TPSA) is 12.0 Å². The van der Waals surface area contributed by atoms with E-state index in [1.165, 1.54) is 0 Å². The van der Waals surface area contributed by atoms with E-state index >= 15 is 0 Å². The van der Waals surface area contributed by atoms with Gasteiger partial charge in [-0.2, -0.15) is 0 Å². The molecule has 78 valence electrons. The van der Waals surface area contributed by atoms with Crippen molar-refractivity contribution in [3.63, 3.8) is 0 Å². The standard InChI is InChI=1S/C11H14FN.ClH/c1-8-4-10(6-11(12)5-8)9-2-3-13-7-9;/h4-6,9,13H,2-3,7H2,1H3;1H. The Bertz CT molecular complexity index is 288. The van der Waals surface area contributed by atoms with E-state index in [0.717, 1.165) is 30.6 Å². The van der Waals surface area contributed by atoms with Gasteiger partial charge in [-0.15, -0.1) is 12.4 Å². The lowest BCUT2D eigenvalue weighted by Gasteiger charge is -2.09. The lowest BCUT2D eigenvalue weighted by Crippen LogP contribution is -2.08. The zero-order valence-electron chi connectivity index (χ0n) is 8.22. The minimum atomic E-state index is -0.109. The first-order chi connectivity index (χ1) is 6.25. The molecule has 0 aliphatic carbocycles. The fraction of sp³-hybridized carbons (Fsp3) is 0.455. The van der Waals surface area contributed by atoms with Crippen molar-refractivity contribution in [3.05, 3.63) is 35.1 Å². The van der Waals surface area contributed by atoms with Crippen LogP contribution in [0.1, 0.15) is 23.5 Å². The predicted octanol–water partition coefficient (Wildman–Crippen LogP) is 2.63. The SMILES string of the molecule is Cc1cc(F)cc(C2CCNC2)c1.Cl. The van der Waals surface area contributed by atoms with Crippen molar-refractivity contribution >= 4 is 12.4 Å². The molecule has 1 heterocycles. The molecule has 0 amide bonds. The molecular formula is C11H15ClFN. The highest BCUT2D eigenvalue weighted by Crippen LogP contribution is 2.23. The van der Waals surface area contributed by atoms with Gasteiger partial charge in [0.15, 0.2) is 0 Å². The van der Waals surface area contributed by atoms with Crippen molar-refractivity contribution in [2.24, 2.45) is 0 Å². The predicted molar refractivity (Wildman–Crippen MR) is 58.6 cm³/mol. The van der Waals surface area contributed by atoms with Gasteiger partial charge < -0.3 is 5.32 Å². The van der Waals surface area contributed by atoms with Crippen molar-refractivity contribution in [2.45, 2.75) is 19.3 Å². The van der Waals surface area contributed by atoms with Crippen molar-refractivity contribution in [1.29, 1.82) is 0 Å². The molecule has 1 atom stereocenters. The maximum absolute atomic E-state index is 13.1. The highest BCUT2D eigenvalue weighted by atomic mass is 35.5. The average molecular weight is 216 g/mol. The summed E-state index contributed by atoms with van der Waals surface area (Å²) in [5.41, 5.74) is 2.16. The number of nitrogens with one attached hydrogen (secondary N) is 1. The quantitative estimate of drug-likeness (QED) is 0.760. The van der Waals surface area contributed by atoms with E-state index in [2.05, 4.69) is 11.4 Å². The molecule has 1 aromatic rings. The largest absolute Gasteiger partial charge is 0.316 e. The first-order valence-electron chi connectivity index (χ1n) is 4.73. The fourth-order valence-corrected chi connectivity index (χ4v) is 1.94. The highest BCUT2D eigenvalue weighted by molar-refractivity contribution is 5.85. The Morgan fingerprint density at radius 1 is 1.36 bits per heavy atom. The van der Waals surface area contributed by atoms with Crippen molar-refractivity contribution in [2.75, 3.05) is 13.1 Å². The second kappa shape index (κ2) is 4.76. The summed E-state index contributed by atoms with van der Waals surface area (Å²) < 4.78 is 13.1. The van der Waals surface area contributed by atoms with E-state index in [9.17, 15) is 4.39 Å². The molecule has 2 rings (SSSR count). The Labute approximate surface area is 90.1 Å². The molecule has 1 unspecified atom stereocenters. The van der Waals surface area contributed by atoms with Crippen LogP contribution >= 0.6 is 12.4 Å². The molecule has 0 saturated carbocycles. The molecule has 0 spiro atoms. The summed E-state index contributed by atoms with van der Waals surface area (Å²) in [4.78, 5) is 0. The van der Waals surface area contributed by atoms with Crippen molar-refractivity contribution in [1.82, 2.24) is 5.32 Å². The van der Waals surface area contributed by atoms with E-state index in [1.807, 2.05) is 6.92 Å². The summed E-state index contributed by atoms with van der Waals surface area (Å²) in [6, 6.07) is 5.32. The minimum Gasteiger partial charge on any atom is -0.316 e. The van der Waals surface area contributed by atoms with Gasteiger partial charge in [0.05, 0.1) is 0 Å². The van der Waals surface area contributed by atoms with E-state index < -0.39 is 0 Å². The van der Waals surface area contributed by atoms with Crippen LogP contribution < -0.4 is 5.32 Å². The molecular weight excluding hydrogens is 201 g/mol. The molecule has 1 N–H and O–H groups in total. The molecule has 1 aliphatic heterocycles. The van der Waals surface area contributed by atoms with Gasteiger partial charge in [0.25, 0.3) is 0 Å². The lowest BCUT2D eigenvalue weighted by atomic mass is 9.97. The molecule has 0 bridgehead atoms. The number of rotatable bonds is 1. The molecule has 1 saturated heterocycles. The molecule has 1 nitrogen and oxygen atoms in total. The van der Waals surface area contributed by atoms with Gasteiger partial charge in [-0.1, -0.05) is 6.07 Å². The van der Waals surface area contributed by atoms with Crippen LogP contribution in [-0.2, 0) is 0 Å².